The smallest absolute Gasteiger partial charge is 0.251 e. The van der Waals surface area contributed by atoms with Crippen molar-refractivity contribution in [2.75, 3.05) is 18.6 Å². The van der Waals surface area contributed by atoms with Crippen molar-refractivity contribution in [3.05, 3.63) is 94.4 Å². The third-order valence-electron chi connectivity index (χ3n) is 6.24. The van der Waals surface area contributed by atoms with Gasteiger partial charge >= 0.3 is 0 Å². The molecule has 5 rings (SSSR count). The molecular formula is C26H21ClF2N4O3. The van der Waals surface area contributed by atoms with Crippen molar-refractivity contribution in [2.24, 2.45) is 0 Å². The summed E-state index contributed by atoms with van der Waals surface area (Å²) in [6, 6.07) is 10.4. The molecule has 184 valence electrons. The van der Waals surface area contributed by atoms with Gasteiger partial charge in [0.1, 0.15) is 23.4 Å². The summed E-state index contributed by atoms with van der Waals surface area (Å²) < 4.78 is 37.0. The van der Waals surface area contributed by atoms with Crippen LogP contribution < -0.4 is 15.0 Å². The van der Waals surface area contributed by atoms with Crippen molar-refractivity contribution >= 4 is 34.7 Å². The van der Waals surface area contributed by atoms with Crippen molar-refractivity contribution in [3.8, 4) is 5.75 Å². The topological polar surface area (TPSA) is 75.9 Å². The van der Waals surface area contributed by atoms with E-state index >= 15 is 8.78 Å². The summed E-state index contributed by atoms with van der Waals surface area (Å²) in [5.41, 5.74) is 1.68. The van der Waals surface area contributed by atoms with E-state index in [4.69, 9.17) is 16.3 Å². The molecule has 2 aromatic carbocycles. The molecule has 0 unspecified atom stereocenters. The molecule has 1 N–H and O–H groups in total. The molecule has 1 saturated heterocycles. The van der Waals surface area contributed by atoms with Gasteiger partial charge in [-0.05, 0) is 43.3 Å². The molecule has 36 heavy (non-hydrogen) atoms. The normalized spacial score (nSPS) is 17.6. The number of carbonyl (C=O) groups excluding carboxylic acids is 2. The summed E-state index contributed by atoms with van der Waals surface area (Å²) in [5.74, 6) is -3.82. The number of anilines is 1. The molecule has 1 aliphatic rings. The van der Waals surface area contributed by atoms with Crippen molar-refractivity contribution in [1.82, 2.24) is 14.7 Å². The van der Waals surface area contributed by atoms with E-state index in [1.165, 1.54) is 24.1 Å². The number of pyridine rings is 1. The first-order chi connectivity index (χ1) is 17.3. The first-order valence-electron chi connectivity index (χ1n) is 11.1. The Bertz CT molecular complexity index is 1470. The molecule has 0 bridgehead atoms. The van der Waals surface area contributed by atoms with E-state index in [0.717, 1.165) is 17.8 Å². The Kier molecular flexibility index (Phi) is 6.09. The molecule has 10 heteroatoms. The predicted molar refractivity (Wildman–Crippen MR) is 131 cm³/mol. The summed E-state index contributed by atoms with van der Waals surface area (Å²) in [7, 11) is 1.30. The Morgan fingerprint density at radius 1 is 1.17 bits per heavy atom. The lowest BCUT2D eigenvalue weighted by Crippen LogP contribution is -2.44. The Morgan fingerprint density at radius 2 is 1.86 bits per heavy atom. The molecule has 2 amide bonds. The molecular weight excluding hydrogens is 490 g/mol. The number of ether oxygens (including phenoxy) is 1. The molecule has 1 fully saturated rings. The molecule has 1 aliphatic heterocycles. The summed E-state index contributed by atoms with van der Waals surface area (Å²) in [6.45, 7) is 1.75. The van der Waals surface area contributed by atoms with Crippen molar-refractivity contribution in [1.29, 1.82) is 0 Å². The van der Waals surface area contributed by atoms with E-state index in [2.05, 4.69) is 10.3 Å². The molecule has 2 aromatic heterocycles. The first-order valence-corrected chi connectivity index (χ1v) is 11.5. The molecule has 0 saturated carbocycles. The van der Waals surface area contributed by atoms with E-state index in [-0.39, 0.29) is 23.4 Å². The number of amides is 2. The number of nitrogens with one attached hydrogen (secondary N) is 1. The van der Waals surface area contributed by atoms with E-state index < -0.39 is 35.4 Å². The molecule has 0 radical (unpaired) electrons. The lowest BCUT2D eigenvalue weighted by Gasteiger charge is -2.20. The third-order valence-corrected chi connectivity index (χ3v) is 6.49. The SMILES string of the molecule is COc1cc(F)c([C@@H]2CN(c3cccn4cc(C)nc34)C(=O)[C@H]2NC(=O)c2ccc(Cl)cc2)c(F)c1. The monoisotopic (exact) mass is 510 g/mol. The predicted octanol–water partition coefficient (Wildman–Crippen LogP) is 4.51. The zero-order valence-corrected chi connectivity index (χ0v) is 20.1. The molecule has 0 spiro atoms. The van der Waals surface area contributed by atoms with E-state index in [1.807, 2.05) is 6.92 Å². The van der Waals surface area contributed by atoms with Crippen molar-refractivity contribution in [3.63, 3.8) is 0 Å². The van der Waals surface area contributed by atoms with Gasteiger partial charge in [0.2, 0.25) is 5.91 Å². The number of halogens is 3. The van der Waals surface area contributed by atoms with Gasteiger partial charge in [-0.25, -0.2) is 13.8 Å². The Hall–Kier alpha value is -3.98. The molecule has 4 aromatic rings. The second-order valence-electron chi connectivity index (χ2n) is 8.52. The fourth-order valence-corrected chi connectivity index (χ4v) is 4.69. The molecule has 3 heterocycles. The van der Waals surface area contributed by atoms with Gasteiger partial charge in [0.15, 0.2) is 5.65 Å². The van der Waals surface area contributed by atoms with E-state index in [0.29, 0.717) is 16.4 Å². The zero-order chi connectivity index (χ0) is 25.6. The average Bonchev–Trinajstić information content (AvgIpc) is 3.38. The highest BCUT2D eigenvalue weighted by atomic mass is 35.5. The minimum Gasteiger partial charge on any atom is -0.497 e. The minimum atomic E-state index is -1.23. The number of aromatic nitrogens is 2. The maximum absolute atomic E-state index is 15.1. The highest BCUT2D eigenvalue weighted by Gasteiger charge is 2.45. The lowest BCUT2D eigenvalue weighted by atomic mass is 9.92. The molecule has 2 atom stereocenters. The van der Waals surface area contributed by atoms with Gasteiger partial charge in [0, 0.05) is 53.1 Å². The number of fused-ring (bicyclic) bond motifs is 1. The van der Waals surface area contributed by atoms with Crippen LogP contribution in [0.1, 0.15) is 27.5 Å². The van der Waals surface area contributed by atoms with Crippen LogP contribution in [0.15, 0.2) is 60.9 Å². The zero-order valence-electron chi connectivity index (χ0n) is 19.3. The molecule has 7 nitrogen and oxygen atoms in total. The Morgan fingerprint density at radius 3 is 2.53 bits per heavy atom. The van der Waals surface area contributed by atoms with Gasteiger partial charge in [-0.3, -0.25) is 9.59 Å². The summed E-state index contributed by atoms with van der Waals surface area (Å²) in [5, 5.41) is 3.13. The molecule has 0 aliphatic carbocycles. The van der Waals surface area contributed by atoms with Gasteiger partial charge in [0.05, 0.1) is 18.5 Å². The summed E-state index contributed by atoms with van der Waals surface area (Å²) in [4.78, 5) is 32.6. The Labute approximate surface area is 210 Å². The van der Waals surface area contributed by atoms with Crippen LogP contribution in [0.25, 0.3) is 5.65 Å². The van der Waals surface area contributed by atoms with Crippen LogP contribution in [0.4, 0.5) is 14.5 Å². The van der Waals surface area contributed by atoms with Crippen molar-refractivity contribution < 1.29 is 23.1 Å². The number of rotatable bonds is 5. The Balaban J connectivity index is 1.58. The minimum absolute atomic E-state index is 0.00862. The van der Waals surface area contributed by atoms with E-state index in [9.17, 15) is 9.59 Å². The summed E-state index contributed by atoms with van der Waals surface area (Å²) >= 11 is 5.91. The van der Waals surface area contributed by atoms with Gasteiger partial charge in [-0.15, -0.1) is 0 Å². The quantitative estimate of drug-likeness (QED) is 0.428. The number of methoxy groups -OCH3 is 1. The standard InChI is InChI=1S/C26H21ClF2N4O3/c1-14-12-32-9-3-4-21(24(32)30-14)33-13-18(22-19(28)10-17(36-2)11-20(22)29)23(26(33)35)31-25(34)15-5-7-16(27)8-6-15/h3-12,18,23H,13H2,1-2H3,(H,31,34)/t18-,23-/m0/s1. The van der Waals surface area contributed by atoms with Crippen LogP contribution in [0, 0.1) is 18.6 Å². The highest BCUT2D eigenvalue weighted by molar-refractivity contribution is 6.30. The van der Waals surface area contributed by atoms with E-state index in [1.54, 1.807) is 41.1 Å². The number of hydrogen-bond donors (Lipinski definition) is 1. The largest absolute Gasteiger partial charge is 0.497 e. The summed E-state index contributed by atoms with van der Waals surface area (Å²) in [6.07, 6.45) is 3.60. The van der Waals surface area contributed by atoms with Crippen LogP contribution in [-0.2, 0) is 4.79 Å². The van der Waals surface area contributed by atoms with Crippen LogP contribution in [0.2, 0.25) is 5.02 Å². The van der Waals surface area contributed by atoms with Crippen LogP contribution >= 0.6 is 11.6 Å². The van der Waals surface area contributed by atoms with Gasteiger partial charge in [-0.2, -0.15) is 0 Å². The highest BCUT2D eigenvalue weighted by Crippen LogP contribution is 2.37. The third kappa shape index (κ3) is 4.15. The van der Waals surface area contributed by atoms with Gasteiger partial charge in [0.25, 0.3) is 5.91 Å². The van der Waals surface area contributed by atoms with Crippen LogP contribution in [0.5, 0.6) is 5.75 Å². The number of nitrogens with zero attached hydrogens (tertiary/aromatic N) is 3. The second kappa shape index (κ2) is 9.23. The fourth-order valence-electron chi connectivity index (χ4n) is 4.56. The number of carbonyl (C=O) groups is 2. The van der Waals surface area contributed by atoms with Gasteiger partial charge in [-0.1, -0.05) is 11.6 Å². The van der Waals surface area contributed by atoms with Gasteiger partial charge < -0.3 is 19.4 Å². The maximum atomic E-state index is 15.1. The number of imidazole rings is 1. The lowest BCUT2D eigenvalue weighted by molar-refractivity contribution is -0.118. The van der Waals surface area contributed by atoms with Crippen LogP contribution in [0.3, 0.4) is 0 Å². The maximum Gasteiger partial charge on any atom is 0.251 e. The number of hydrogen-bond acceptors (Lipinski definition) is 4. The fraction of sp³-hybridized carbons (Fsp3) is 0.192. The van der Waals surface area contributed by atoms with Crippen molar-refractivity contribution in [2.45, 2.75) is 18.9 Å². The van der Waals surface area contributed by atoms with Crippen LogP contribution in [-0.4, -0.2) is 40.9 Å². The second-order valence-corrected chi connectivity index (χ2v) is 8.96. The first kappa shape index (κ1) is 23.7. The number of aryl methyl sites for hydroxylation is 1. The number of benzene rings is 2. The average molecular weight is 511 g/mol.